The van der Waals surface area contributed by atoms with E-state index in [1.807, 2.05) is 5.01 Å². The summed E-state index contributed by atoms with van der Waals surface area (Å²) in [7, 11) is 2.17. The molecule has 1 unspecified atom stereocenters. The quantitative estimate of drug-likeness (QED) is 0.405. The molecule has 2 fully saturated rings. The van der Waals surface area contributed by atoms with Gasteiger partial charge in [-0.15, -0.1) is 0 Å². The third kappa shape index (κ3) is 2.18. The minimum Gasteiger partial charge on any atom is -0.386 e. The molecule has 2 N–H and O–H groups in total. The molecule has 0 saturated carbocycles. The molecule has 2 rings (SSSR count). The van der Waals surface area contributed by atoms with Gasteiger partial charge in [-0.3, -0.25) is 5.01 Å². The van der Waals surface area contributed by atoms with Crippen LogP contribution in [0, 0.1) is 0 Å². The number of hydrogen-bond acceptors (Lipinski definition) is 3. The topological polar surface area (TPSA) is 44.6 Å². The van der Waals surface area contributed by atoms with Crippen molar-refractivity contribution >= 4 is 5.84 Å². The average molecular weight is 196 g/mol. The normalized spacial score (nSPS) is 33.9. The molecule has 0 amide bonds. The summed E-state index contributed by atoms with van der Waals surface area (Å²) in [5.74, 6) is 0.799. The number of amidine groups is 1. The Labute approximate surface area is 85.7 Å². The van der Waals surface area contributed by atoms with Crippen molar-refractivity contribution < 1.29 is 0 Å². The molecule has 0 bridgehead atoms. The maximum absolute atomic E-state index is 5.90. The molecule has 0 aliphatic carbocycles. The van der Waals surface area contributed by atoms with Gasteiger partial charge in [-0.25, -0.2) is 0 Å². The van der Waals surface area contributed by atoms with Gasteiger partial charge < -0.3 is 10.6 Å². The van der Waals surface area contributed by atoms with E-state index in [0.29, 0.717) is 12.1 Å². The van der Waals surface area contributed by atoms with Crippen molar-refractivity contribution in [3.05, 3.63) is 0 Å². The van der Waals surface area contributed by atoms with Gasteiger partial charge in [0.15, 0.2) is 0 Å². The zero-order valence-electron chi connectivity index (χ0n) is 9.11. The second-order valence-corrected chi connectivity index (χ2v) is 4.54. The summed E-state index contributed by atoms with van der Waals surface area (Å²) in [6.07, 6.45) is 3.50. The van der Waals surface area contributed by atoms with Crippen molar-refractivity contribution in [1.29, 1.82) is 0 Å². The maximum Gasteiger partial charge on any atom is 0.121 e. The van der Waals surface area contributed by atoms with Crippen molar-refractivity contribution in [2.24, 2.45) is 10.8 Å². The molecule has 2 aliphatic heterocycles. The van der Waals surface area contributed by atoms with E-state index in [1.54, 1.807) is 0 Å². The molecule has 2 heterocycles. The summed E-state index contributed by atoms with van der Waals surface area (Å²) < 4.78 is 0. The Balaban J connectivity index is 1.81. The number of likely N-dealkylation sites (tertiary alicyclic amines) is 1. The summed E-state index contributed by atoms with van der Waals surface area (Å²) in [5, 5.41) is 6.41. The highest BCUT2D eigenvalue weighted by Gasteiger charge is 2.28. The zero-order valence-corrected chi connectivity index (χ0v) is 9.11. The van der Waals surface area contributed by atoms with Crippen molar-refractivity contribution in [3.8, 4) is 0 Å². The lowest BCUT2D eigenvalue weighted by Gasteiger charge is -2.18. The van der Waals surface area contributed by atoms with E-state index in [0.717, 1.165) is 18.8 Å². The summed E-state index contributed by atoms with van der Waals surface area (Å²) >= 11 is 0. The monoisotopic (exact) mass is 196 g/mol. The van der Waals surface area contributed by atoms with Gasteiger partial charge in [-0.1, -0.05) is 0 Å². The molecule has 80 valence electrons. The van der Waals surface area contributed by atoms with Crippen molar-refractivity contribution in [1.82, 2.24) is 9.91 Å². The highest BCUT2D eigenvalue weighted by molar-refractivity contribution is 5.80. The standard InChI is InChI=1S/C10H20N4/c1-8-7-14(8)12-10(11)6-9-4-3-5-13(9)2/h8-9H,3-7H2,1-2H3,(H2,11,12)/t8?,9-,14?/m0/s1. The van der Waals surface area contributed by atoms with Gasteiger partial charge in [0.05, 0.1) is 12.6 Å². The van der Waals surface area contributed by atoms with Crippen molar-refractivity contribution in [2.75, 3.05) is 20.1 Å². The van der Waals surface area contributed by atoms with Crippen molar-refractivity contribution in [3.63, 3.8) is 0 Å². The van der Waals surface area contributed by atoms with Crippen molar-refractivity contribution in [2.45, 2.75) is 38.3 Å². The Hall–Kier alpha value is -0.770. The van der Waals surface area contributed by atoms with Crippen LogP contribution in [0.25, 0.3) is 0 Å². The number of nitrogens with two attached hydrogens (primary N) is 1. The molecule has 0 spiro atoms. The van der Waals surface area contributed by atoms with Gasteiger partial charge in [-0.05, 0) is 33.4 Å². The Morgan fingerprint density at radius 3 is 2.79 bits per heavy atom. The Morgan fingerprint density at radius 2 is 2.29 bits per heavy atom. The highest BCUT2D eigenvalue weighted by atomic mass is 15.6. The van der Waals surface area contributed by atoms with Gasteiger partial charge >= 0.3 is 0 Å². The van der Waals surface area contributed by atoms with E-state index in [1.165, 1.54) is 19.4 Å². The van der Waals surface area contributed by atoms with Gasteiger partial charge in [-0.2, -0.15) is 5.10 Å². The number of hydrogen-bond donors (Lipinski definition) is 1. The average Bonchev–Trinajstić information content (AvgIpc) is 2.63. The second-order valence-electron chi connectivity index (χ2n) is 4.54. The number of rotatable bonds is 3. The third-order valence-corrected chi connectivity index (χ3v) is 3.20. The number of nitrogens with zero attached hydrogens (tertiary/aromatic N) is 3. The van der Waals surface area contributed by atoms with Gasteiger partial charge in [0.25, 0.3) is 0 Å². The van der Waals surface area contributed by atoms with Crippen LogP contribution < -0.4 is 5.73 Å². The maximum atomic E-state index is 5.90. The molecular formula is C10H20N4. The Morgan fingerprint density at radius 1 is 1.57 bits per heavy atom. The van der Waals surface area contributed by atoms with E-state index in [-0.39, 0.29) is 0 Å². The minimum absolute atomic E-state index is 0.606. The lowest BCUT2D eigenvalue weighted by molar-refractivity contribution is 0.316. The fourth-order valence-electron chi connectivity index (χ4n) is 2.05. The van der Waals surface area contributed by atoms with Crippen LogP contribution in [0.1, 0.15) is 26.2 Å². The van der Waals surface area contributed by atoms with Gasteiger partial charge in [0.1, 0.15) is 5.84 Å². The summed E-state index contributed by atoms with van der Waals surface area (Å²) in [6, 6.07) is 1.23. The predicted molar refractivity (Wildman–Crippen MR) is 58.1 cm³/mol. The van der Waals surface area contributed by atoms with Crippen LogP contribution in [0.5, 0.6) is 0 Å². The van der Waals surface area contributed by atoms with Crippen LogP contribution in [-0.2, 0) is 0 Å². The van der Waals surface area contributed by atoms with Gasteiger partial charge in [0.2, 0.25) is 0 Å². The molecule has 0 radical (unpaired) electrons. The zero-order chi connectivity index (χ0) is 10.1. The lowest BCUT2D eigenvalue weighted by Crippen LogP contribution is -2.30. The SMILES string of the molecule is CC1CN1N=C(N)C[C@@H]1CCCN1C. The fourth-order valence-corrected chi connectivity index (χ4v) is 2.05. The second kappa shape index (κ2) is 3.77. The number of hydrazone groups is 1. The predicted octanol–water partition coefficient (Wildman–Crippen LogP) is 0.447. The largest absolute Gasteiger partial charge is 0.386 e. The molecule has 0 aromatic carbocycles. The highest BCUT2D eigenvalue weighted by Crippen LogP contribution is 2.19. The van der Waals surface area contributed by atoms with E-state index in [4.69, 9.17) is 5.73 Å². The van der Waals surface area contributed by atoms with E-state index >= 15 is 0 Å². The van der Waals surface area contributed by atoms with Crippen LogP contribution in [0.2, 0.25) is 0 Å². The summed E-state index contributed by atoms with van der Waals surface area (Å²) in [5.41, 5.74) is 5.90. The molecule has 0 aromatic heterocycles. The van der Waals surface area contributed by atoms with Gasteiger partial charge in [0, 0.05) is 12.5 Å². The molecule has 4 nitrogen and oxygen atoms in total. The summed E-state index contributed by atoms with van der Waals surface area (Å²) in [4.78, 5) is 2.38. The molecular weight excluding hydrogens is 176 g/mol. The smallest absolute Gasteiger partial charge is 0.121 e. The van der Waals surface area contributed by atoms with E-state index < -0.39 is 0 Å². The van der Waals surface area contributed by atoms with Crippen LogP contribution in [0.3, 0.4) is 0 Å². The summed E-state index contributed by atoms with van der Waals surface area (Å²) in [6.45, 7) is 4.44. The molecule has 2 atom stereocenters. The first-order chi connectivity index (χ1) is 6.66. The molecule has 14 heavy (non-hydrogen) atoms. The van der Waals surface area contributed by atoms with Crippen LogP contribution in [0.4, 0.5) is 0 Å². The molecule has 2 saturated heterocycles. The molecule has 0 aromatic rings. The lowest BCUT2D eigenvalue weighted by atomic mass is 10.1. The first-order valence-corrected chi connectivity index (χ1v) is 5.46. The first-order valence-electron chi connectivity index (χ1n) is 5.46. The Kier molecular flexibility index (Phi) is 2.63. The fraction of sp³-hybridized carbons (Fsp3) is 0.900. The van der Waals surface area contributed by atoms with Crippen LogP contribution >= 0.6 is 0 Å². The third-order valence-electron chi connectivity index (χ3n) is 3.20. The molecule has 2 aliphatic rings. The van der Waals surface area contributed by atoms with E-state index in [2.05, 4.69) is 24.0 Å². The van der Waals surface area contributed by atoms with Crippen LogP contribution in [-0.4, -0.2) is 48.0 Å². The van der Waals surface area contributed by atoms with E-state index in [9.17, 15) is 0 Å². The minimum atomic E-state index is 0.606. The van der Waals surface area contributed by atoms with Crippen LogP contribution in [0.15, 0.2) is 5.10 Å². The first kappa shape index (κ1) is 9.77. The Bertz CT molecular complexity index is 238. The molecule has 4 heteroatoms.